The Morgan fingerprint density at radius 1 is 1.06 bits per heavy atom. The molecule has 0 heterocycles. The van der Waals surface area contributed by atoms with E-state index in [1.807, 2.05) is 0 Å². The number of ketones is 1. The molecule has 0 saturated carbocycles. The molecular formula is C14H9BrClFO. The molecule has 92 valence electrons. The average Bonchev–Trinajstić information content (AvgIpc) is 2.39. The topological polar surface area (TPSA) is 17.1 Å². The molecule has 0 aliphatic heterocycles. The minimum Gasteiger partial charge on any atom is -0.293 e. The van der Waals surface area contributed by atoms with Gasteiger partial charge in [-0.3, -0.25) is 4.79 Å². The number of carbonyl (C=O) groups excluding carboxylic acids is 1. The zero-order valence-corrected chi connectivity index (χ0v) is 11.6. The summed E-state index contributed by atoms with van der Waals surface area (Å²) in [4.78, 5) is 11.7. The fourth-order valence-corrected chi connectivity index (χ4v) is 2.24. The number of carbonyl (C=O) groups is 1. The van der Waals surface area contributed by atoms with Crippen LogP contribution in [-0.2, 0) is 0 Å². The van der Waals surface area contributed by atoms with E-state index in [4.69, 9.17) is 11.6 Å². The number of rotatable bonds is 3. The third-order valence-electron chi connectivity index (χ3n) is 2.52. The molecule has 0 bridgehead atoms. The molecule has 1 atom stereocenters. The van der Waals surface area contributed by atoms with Crippen LogP contribution in [0.4, 0.5) is 4.39 Å². The van der Waals surface area contributed by atoms with Crippen molar-refractivity contribution in [2.45, 2.75) is 4.83 Å². The predicted octanol–water partition coefficient (Wildman–Crippen LogP) is 4.80. The average molecular weight is 328 g/mol. The van der Waals surface area contributed by atoms with Crippen LogP contribution < -0.4 is 0 Å². The molecular weight excluding hydrogens is 319 g/mol. The SMILES string of the molecule is O=C(c1ccc(F)cc1)C(Br)c1ccc(Cl)cc1. The van der Waals surface area contributed by atoms with Gasteiger partial charge in [0.05, 0.1) is 0 Å². The fraction of sp³-hybridized carbons (Fsp3) is 0.0714. The fourth-order valence-electron chi connectivity index (χ4n) is 1.54. The monoisotopic (exact) mass is 326 g/mol. The van der Waals surface area contributed by atoms with E-state index < -0.39 is 4.83 Å². The van der Waals surface area contributed by atoms with E-state index in [9.17, 15) is 9.18 Å². The molecule has 2 aromatic carbocycles. The van der Waals surface area contributed by atoms with Gasteiger partial charge in [-0.05, 0) is 42.0 Å². The first kappa shape index (κ1) is 13.2. The Labute approximate surface area is 118 Å². The Morgan fingerprint density at radius 2 is 1.61 bits per heavy atom. The van der Waals surface area contributed by atoms with Gasteiger partial charge >= 0.3 is 0 Å². The van der Waals surface area contributed by atoms with Crippen LogP contribution in [0.5, 0.6) is 0 Å². The lowest BCUT2D eigenvalue weighted by Gasteiger charge is -2.09. The van der Waals surface area contributed by atoms with Crippen molar-refractivity contribution in [2.75, 3.05) is 0 Å². The van der Waals surface area contributed by atoms with Crippen molar-refractivity contribution < 1.29 is 9.18 Å². The standard InChI is InChI=1S/C14H9BrClFO/c15-13(9-1-5-11(16)6-2-9)14(18)10-3-7-12(17)8-4-10/h1-8,13H. The van der Waals surface area contributed by atoms with Gasteiger partial charge in [-0.2, -0.15) is 0 Å². The van der Waals surface area contributed by atoms with Gasteiger partial charge in [0, 0.05) is 10.6 Å². The van der Waals surface area contributed by atoms with Gasteiger partial charge in [0.25, 0.3) is 0 Å². The summed E-state index contributed by atoms with van der Waals surface area (Å²) < 4.78 is 12.8. The van der Waals surface area contributed by atoms with Gasteiger partial charge < -0.3 is 0 Å². The van der Waals surface area contributed by atoms with E-state index in [-0.39, 0.29) is 11.6 Å². The highest BCUT2D eigenvalue weighted by atomic mass is 79.9. The van der Waals surface area contributed by atoms with Gasteiger partial charge in [-0.15, -0.1) is 0 Å². The minimum absolute atomic E-state index is 0.114. The van der Waals surface area contributed by atoms with E-state index >= 15 is 0 Å². The predicted molar refractivity (Wildman–Crippen MR) is 73.9 cm³/mol. The van der Waals surface area contributed by atoms with Crippen molar-refractivity contribution >= 4 is 33.3 Å². The molecule has 0 radical (unpaired) electrons. The summed E-state index contributed by atoms with van der Waals surface area (Å²) in [5.41, 5.74) is 1.28. The lowest BCUT2D eigenvalue weighted by molar-refractivity contribution is 0.0991. The van der Waals surface area contributed by atoms with Crippen molar-refractivity contribution in [3.05, 3.63) is 70.5 Å². The number of benzene rings is 2. The largest absolute Gasteiger partial charge is 0.293 e. The van der Waals surface area contributed by atoms with E-state index in [0.717, 1.165) is 5.56 Å². The zero-order chi connectivity index (χ0) is 13.1. The smallest absolute Gasteiger partial charge is 0.180 e. The maximum atomic E-state index is 12.8. The van der Waals surface area contributed by atoms with Gasteiger partial charge in [-0.25, -0.2) is 4.39 Å². The minimum atomic E-state index is -0.458. The molecule has 0 aromatic heterocycles. The van der Waals surface area contributed by atoms with Gasteiger partial charge in [0.1, 0.15) is 10.6 Å². The lowest BCUT2D eigenvalue weighted by atomic mass is 10.0. The van der Waals surface area contributed by atoms with E-state index in [1.54, 1.807) is 24.3 Å². The second-order valence-electron chi connectivity index (χ2n) is 3.79. The van der Waals surface area contributed by atoms with Crippen LogP contribution in [-0.4, -0.2) is 5.78 Å². The van der Waals surface area contributed by atoms with Crippen LogP contribution in [0.25, 0.3) is 0 Å². The van der Waals surface area contributed by atoms with E-state index in [1.165, 1.54) is 24.3 Å². The summed E-state index contributed by atoms with van der Waals surface area (Å²) in [6, 6.07) is 12.5. The van der Waals surface area contributed by atoms with Crippen molar-refractivity contribution in [1.29, 1.82) is 0 Å². The molecule has 4 heteroatoms. The summed E-state index contributed by atoms with van der Waals surface area (Å²) in [6.45, 7) is 0. The molecule has 2 rings (SSSR count). The van der Waals surface area contributed by atoms with Crippen molar-refractivity contribution in [3.8, 4) is 0 Å². The zero-order valence-electron chi connectivity index (χ0n) is 9.24. The Hall–Kier alpha value is -1.19. The quantitative estimate of drug-likeness (QED) is 0.585. The molecule has 0 spiro atoms. The molecule has 1 nitrogen and oxygen atoms in total. The molecule has 0 aliphatic rings. The van der Waals surface area contributed by atoms with Crippen LogP contribution in [0.2, 0.25) is 5.02 Å². The van der Waals surface area contributed by atoms with Crippen LogP contribution >= 0.6 is 27.5 Å². The van der Waals surface area contributed by atoms with Gasteiger partial charge in [-0.1, -0.05) is 39.7 Å². The first-order valence-electron chi connectivity index (χ1n) is 5.27. The number of hydrogen-bond acceptors (Lipinski definition) is 1. The van der Waals surface area contributed by atoms with Gasteiger partial charge in [0.2, 0.25) is 0 Å². The molecule has 0 aliphatic carbocycles. The Bertz CT molecular complexity index is 551. The third kappa shape index (κ3) is 2.98. The molecule has 1 unspecified atom stereocenters. The molecule has 2 aromatic rings. The maximum absolute atomic E-state index is 12.8. The highest BCUT2D eigenvalue weighted by Gasteiger charge is 2.18. The second kappa shape index (κ2) is 5.63. The summed E-state index contributed by atoms with van der Waals surface area (Å²) in [6.07, 6.45) is 0. The first-order valence-corrected chi connectivity index (χ1v) is 6.56. The van der Waals surface area contributed by atoms with Crippen LogP contribution in [0.15, 0.2) is 48.5 Å². The van der Waals surface area contributed by atoms with Crippen LogP contribution in [0.1, 0.15) is 20.7 Å². The first-order chi connectivity index (χ1) is 8.58. The number of hydrogen-bond donors (Lipinski definition) is 0. The van der Waals surface area contributed by atoms with Crippen molar-refractivity contribution in [3.63, 3.8) is 0 Å². The maximum Gasteiger partial charge on any atom is 0.180 e. The molecule has 18 heavy (non-hydrogen) atoms. The summed E-state index contributed by atoms with van der Waals surface area (Å²) in [5.74, 6) is -0.471. The molecule has 0 amide bonds. The third-order valence-corrected chi connectivity index (χ3v) is 3.72. The summed E-state index contributed by atoms with van der Waals surface area (Å²) >= 11 is 9.13. The van der Waals surface area contributed by atoms with E-state index in [2.05, 4.69) is 15.9 Å². The van der Waals surface area contributed by atoms with Crippen LogP contribution in [0.3, 0.4) is 0 Å². The highest BCUT2D eigenvalue weighted by Crippen LogP contribution is 2.28. The number of halogens is 3. The number of alkyl halides is 1. The normalized spacial score (nSPS) is 12.2. The van der Waals surface area contributed by atoms with Crippen LogP contribution in [0, 0.1) is 5.82 Å². The molecule has 0 N–H and O–H groups in total. The summed E-state index contributed by atoms with van der Waals surface area (Å²) in [5, 5.41) is 0.618. The highest BCUT2D eigenvalue weighted by molar-refractivity contribution is 9.09. The number of Topliss-reactive ketones (excluding diaryl/α,β-unsaturated/α-hetero) is 1. The Kier molecular flexibility index (Phi) is 4.15. The second-order valence-corrected chi connectivity index (χ2v) is 5.14. The van der Waals surface area contributed by atoms with Gasteiger partial charge in [0.15, 0.2) is 5.78 Å². The Balaban J connectivity index is 2.23. The van der Waals surface area contributed by atoms with E-state index in [0.29, 0.717) is 10.6 Å². The summed E-state index contributed by atoms with van der Waals surface area (Å²) in [7, 11) is 0. The lowest BCUT2D eigenvalue weighted by Crippen LogP contribution is -2.06. The van der Waals surface area contributed by atoms with Crippen molar-refractivity contribution in [2.24, 2.45) is 0 Å². The molecule has 0 fully saturated rings. The molecule has 0 saturated heterocycles. The van der Waals surface area contributed by atoms with Crippen molar-refractivity contribution in [1.82, 2.24) is 0 Å². The Morgan fingerprint density at radius 3 is 2.17 bits per heavy atom.